The largest absolute Gasteiger partial charge is 0.309 e. The molecule has 0 bridgehead atoms. The highest BCUT2D eigenvalue weighted by Gasteiger charge is 2.28. The fraction of sp³-hybridized carbons (Fsp3) is 0.476. The van der Waals surface area contributed by atoms with Crippen LogP contribution in [-0.2, 0) is 25.8 Å². The van der Waals surface area contributed by atoms with Gasteiger partial charge in [-0.2, -0.15) is 10.2 Å². The number of aryl methyl sites for hydroxylation is 1. The zero-order valence-corrected chi connectivity index (χ0v) is 18.1. The number of benzene rings is 1. The molecule has 9 heteroatoms. The molecule has 160 valence electrons. The Hall–Kier alpha value is -2.32. The number of hydrogen-bond acceptors (Lipinski definition) is 4. The van der Waals surface area contributed by atoms with E-state index in [4.69, 9.17) is 16.6 Å². The van der Waals surface area contributed by atoms with Gasteiger partial charge in [0.15, 0.2) is 11.6 Å². The van der Waals surface area contributed by atoms with Gasteiger partial charge in [-0.15, -0.1) is 0 Å². The van der Waals surface area contributed by atoms with Crippen LogP contribution in [0.25, 0.3) is 5.69 Å². The summed E-state index contributed by atoms with van der Waals surface area (Å²) < 4.78 is 30.3. The van der Waals surface area contributed by atoms with Crippen molar-refractivity contribution in [2.45, 2.75) is 45.6 Å². The summed E-state index contributed by atoms with van der Waals surface area (Å²) in [5.74, 6) is 1.36. The highest BCUT2D eigenvalue weighted by molar-refractivity contribution is 6.31. The first-order valence-electron chi connectivity index (χ1n) is 10.1. The van der Waals surface area contributed by atoms with E-state index in [-0.39, 0.29) is 12.2 Å². The molecule has 0 amide bonds. The van der Waals surface area contributed by atoms with Crippen molar-refractivity contribution in [3.8, 4) is 5.69 Å². The summed E-state index contributed by atoms with van der Waals surface area (Å²) in [5, 5.41) is 9.56. The Bertz CT molecular complexity index is 1060. The molecule has 0 aliphatic heterocycles. The molecule has 1 aromatic carbocycles. The van der Waals surface area contributed by atoms with Crippen molar-refractivity contribution in [2.24, 2.45) is 0 Å². The van der Waals surface area contributed by atoms with Crippen LogP contribution in [0.1, 0.15) is 47.0 Å². The van der Waals surface area contributed by atoms with E-state index in [0.717, 1.165) is 36.3 Å². The first kappa shape index (κ1) is 20.9. The number of fused-ring (bicyclic) bond motifs is 1. The van der Waals surface area contributed by atoms with Gasteiger partial charge in [-0.1, -0.05) is 17.7 Å². The normalized spacial score (nSPS) is 13.6. The molecule has 0 spiro atoms. The van der Waals surface area contributed by atoms with Crippen LogP contribution >= 0.6 is 11.6 Å². The minimum absolute atomic E-state index is 0.0974. The van der Waals surface area contributed by atoms with E-state index in [1.165, 1.54) is 0 Å². The topological polar surface area (TPSA) is 51.8 Å². The summed E-state index contributed by atoms with van der Waals surface area (Å²) in [6, 6.07) is 5.72. The molecular weight excluding hydrogens is 410 g/mol. The number of likely N-dealkylation sites (N-methyl/N-ethyl adjacent to an activating group) is 1. The second-order valence-corrected chi connectivity index (χ2v) is 8.37. The molecule has 6 nitrogen and oxygen atoms in total. The van der Waals surface area contributed by atoms with Crippen molar-refractivity contribution >= 4 is 11.6 Å². The molecule has 0 N–H and O–H groups in total. The number of alkyl halides is 2. The molecule has 0 atom stereocenters. The van der Waals surface area contributed by atoms with Gasteiger partial charge < -0.3 is 4.90 Å². The highest BCUT2D eigenvalue weighted by Crippen LogP contribution is 2.31. The van der Waals surface area contributed by atoms with Gasteiger partial charge in [0.2, 0.25) is 0 Å². The van der Waals surface area contributed by atoms with E-state index < -0.39 is 6.43 Å². The number of rotatable bonds is 7. The molecule has 0 unspecified atom stereocenters. The van der Waals surface area contributed by atoms with Crippen LogP contribution in [0.3, 0.4) is 0 Å². The summed E-state index contributed by atoms with van der Waals surface area (Å²) in [7, 11) is 3.99. The number of aromatic nitrogens is 5. The molecule has 0 saturated heterocycles. The van der Waals surface area contributed by atoms with Crippen LogP contribution in [0.15, 0.2) is 18.2 Å². The smallest absolute Gasteiger partial charge is 0.282 e. The summed E-state index contributed by atoms with van der Waals surface area (Å²) in [5.41, 5.74) is 3.25. The predicted octanol–water partition coefficient (Wildman–Crippen LogP) is 4.00. The molecule has 0 fully saturated rings. The van der Waals surface area contributed by atoms with Crippen LogP contribution in [0.4, 0.5) is 8.78 Å². The second-order valence-electron chi connectivity index (χ2n) is 7.97. The lowest BCUT2D eigenvalue weighted by Crippen LogP contribution is -2.15. The van der Waals surface area contributed by atoms with Gasteiger partial charge in [-0.3, -0.25) is 4.68 Å². The Labute approximate surface area is 179 Å². The summed E-state index contributed by atoms with van der Waals surface area (Å²) >= 11 is 6.33. The molecule has 3 aromatic rings. The Morgan fingerprint density at radius 2 is 2.00 bits per heavy atom. The third kappa shape index (κ3) is 4.11. The van der Waals surface area contributed by atoms with E-state index >= 15 is 0 Å². The molecule has 1 aliphatic rings. The number of hydrogen-bond donors (Lipinski definition) is 0. The predicted molar refractivity (Wildman–Crippen MR) is 112 cm³/mol. The van der Waals surface area contributed by atoms with Gasteiger partial charge in [0, 0.05) is 29.2 Å². The molecule has 0 saturated carbocycles. The number of halogens is 3. The van der Waals surface area contributed by atoms with Gasteiger partial charge in [0.25, 0.3) is 6.43 Å². The van der Waals surface area contributed by atoms with Crippen LogP contribution in [0.5, 0.6) is 0 Å². The Morgan fingerprint density at radius 3 is 2.70 bits per heavy atom. The van der Waals surface area contributed by atoms with E-state index in [1.54, 1.807) is 9.36 Å². The molecule has 1 aliphatic carbocycles. The maximum absolute atomic E-state index is 13.5. The highest BCUT2D eigenvalue weighted by atomic mass is 35.5. The fourth-order valence-corrected chi connectivity index (χ4v) is 4.00. The van der Waals surface area contributed by atoms with Gasteiger partial charge in [0.05, 0.1) is 5.69 Å². The van der Waals surface area contributed by atoms with Crippen molar-refractivity contribution < 1.29 is 8.78 Å². The van der Waals surface area contributed by atoms with Crippen LogP contribution in [0.2, 0.25) is 5.02 Å². The van der Waals surface area contributed by atoms with Crippen molar-refractivity contribution in [3.63, 3.8) is 0 Å². The lowest BCUT2D eigenvalue weighted by atomic mass is 10.2. The Morgan fingerprint density at radius 1 is 1.20 bits per heavy atom. The minimum atomic E-state index is -2.57. The average molecular weight is 435 g/mol. The summed E-state index contributed by atoms with van der Waals surface area (Å²) in [6.45, 7) is 3.04. The Balaban J connectivity index is 1.73. The van der Waals surface area contributed by atoms with E-state index in [2.05, 4.69) is 15.1 Å². The van der Waals surface area contributed by atoms with Gasteiger partial charge in [-0.05, 0) is 58.0 Å². The van der Waals surface area contributed by atoms with Crippen LogP contribution < -0.4 is 0 Å². The molecule has 0 radical (unpaired) electrons. The first-order valence-corrected chi connectivity index (χ1v) is 10.4. The minimum Gasteiger partial charge on any atom is -0.309 e. The Kier molecular flexibility index (Phi) is 5.88. The van der Waals surface area contributed by atoms with Crippen LogP contribution in [-0.4, -0.2) is 50.1 Å². The zero-order chi connectivity index (χ0) is 21.4. The summed E-state index contributed by atoms with van der Waals surface area (Å²) in [6.07, 6.45) is 0.409. The third-order valence-corrected chi connectivity index (χ3v) is 5.84. The molecule has 2 aromatic heterocycles. The quantitative estimate of drug-likeness (QED) is 0.564. The van der Waals surface area contributed by atoms with E-state index in [1.807, 2.05) is 39.2 Å². The van der Waals surface area contributed by atoms with Crippen molar-refractivity contribution in [2.75, 3.05) is 20.6 Å². The second kappa shape index (κ2) is 8.43. The SMILES string of the molecule is Cc1ccc(-n2nc(CCN(C)C)nc2Cn2nc(C(F)F)c3c2CCC3)cc1Cl. The monoisotopic (exact) mass is 434 g/mol. The summed E-state index contributed by atoms with van der Waals surface area (Å²) in [4.78, 5) is 6.79. The van der Waals surface area contributed by atoms with Gasteiger partial charge >= 0.3 is 0 Å². The lowest BCUT2D eigenvalue weighted by Gasteiger charge is -2.09. The molecule has 2 heterocycles. The average Bonchev–Trinajstić information content (AvgIpc) is 3.39. The number of nitrogens with zero attached hydrogens (tertiary/aromatic N) is 6. The maximum atomic E-state index is 13.5. The van der Waals surface area contributed by atoms with Gasteiger partial charge in [-0.25, -0.2) is 18.4 Å². The van der Waals surface area contributed by atoms with Crippen molar-refractivity contribution in [1.82, 2.24) is 29.4 Å². The lowest BCUT2D eigenvalue weighted by molar-refractivity contribution is 0.144. The first-order chi connectivity index (χ1) is 14.3. The van der Waals surface area contributed by atoms with Gasteiger partial charge in [0.1, 0.15) is 12.2 Å². The standard InChI is InChI=1S/C21H25ClF2N6/c1-13-7-8-14(11-16(13)22)30-19(25-18(26-30)9-10-28(2)3)12-29-17-6-4-5-15(17)20(27-29)21(23)24/h7-8,11,21H,4-6,9-10,12H2,1-3H3. The maximum Gasteiger partial charge on any atom is 0.282 e. The van der Waals surface area contributed by atoms with Crippen LogP contribution in [0, 0.1) is 6.92 Å². The third-order valence-electron chi connectivity index (χ3n) is 5.44. The fourth-order valence-electron chi connectivity index (χ4n) is 3.82. The zero-order valence-electron chi connectivity index (χ0n) is 17.4. The van der Waals surface area contributed by atoms with Crippen molar-refractivity contribution in [1.29, 1.82) is 0 Å². The van der Waals surface area contributed by atoms with E-state index in [9.17, 15) is 8.78 Å². The van der Waals surface area contributed by atoms with E-state index in [0.29, 0.717) is 35.1 Å². The molecule has 4 rings (SSSR count). The molecule has 30 heavy (non-hydrogen) atoms. The van der Waals surface area contributed by atoms with Crippen molar-refractivity contribution in [3.05, 3.63) is 57.4 Å². The molecular formula is C21H25ClF2N6.